The number of carbonyl (C=O) groups is 3. The number of carbonyl (C=O) groups excluding carboxylic acids is 3. The summed E-state index contributed by atoms with van der Waals surface area (Å²) in [4.78, 5) is 45.1. The van der Waals surface area contributed by atoms with E-state index in [1.54, 1.807) is 12.0 Å². The van der Waals surface area contributed by atoms with Crippen LogP contribution in [0.5, 0.6) is 0 Å². The minimum absolute atomic E-state index is 0.00563. The molecule has 1 aliphatic rings. The molecule has 2 N–H and O–H groups in total. The van der Waals surface area contributed by atoms with E-state index in [0.29, 0.717) is 5.13 Å². The lowest BCUT2D eigenvalue weighted by Gasteiger charge is -2.33. The fourth-order valence-electron chi connectivity index (χ4n) is 4.24. The largest absolute Gasteiger partial charge is 0.383 e. The van der Waals surface area contributed by atoms with Gasteiger partial charge in [-0.05, 0) is 37.8 Å². The molecule has 8 nitrogen and oxygen atoms in total. The van der Waals surface area contributed by atoms with Gasteiger partial charge in [0.25, 0.3) is 0 Å². The number of nitrogens with zero attached hydrogens (tertiary/aromatic N) is 2. The van der Waals surface area contributed by atoms with Crippen molar-refractivity contribution in [2.45, 2.75) is 64.5 Å². The van der Waals surface area contributed by atoms with Crippen LogP contribution in [0.1, 0.15) is 61.4 Å². The van der Waals surface area contributed by atoms with Crippen LogP contribution < -0.4 is 10.6 Å². The van der Waals surface area contributed by atoms with Gasteiger partial charge in [-0.15, -0.1) is 11.3 Å². The molecule has 0 saturated heterocycles. The molecule has 0 aliphatic heterocycles. The molecule has 34 heavy (non-hydrogen) atoms. The molecule has 0 radical (unpaired) electrons. The van der Waals surface area contributed by atoms with Gasteiger partial charge >= 0.3 is 0 Å². The Bertz CT molecular complexity index is 987. The normalized spacial score (nSPS) is 14.6. The Balaban J connectivity index is 1.77. The van der Waals surface area contributed by atoms with Gasteiger partial charge in [0, 0.05) is 37.9 Å². The maximum atomic E-state index is 13.5. The molecular weight excluding hydrogens is 452 g/mol. The molecule has 0 spiro atoms. The highest BCUT2D eigenvalue weighted by molar-refractivity contribution is 7.13. The number of amides is 3. The maximum absolute atomic E-state index is 13.5. The minimum atomic E-state index is -0.783. The number of thiazole rings is 1. The summed E-state index contributed by atoms with van der Waals surface area (Å²) in [5, 5.41) is 8.26. The van der Waals surface area contributed by atoms with Crippen molar-refractivity contribution in [3.8, 4) is 0 Å². The summed E-state index contributed by atoms with van der Waals surface area (Å²) in [6.07, 6.45) is 4.09. The van der Waals surface area contributed by atoms with Crippen molar-refractivity contribution >= 4 is 34.2 Å². The van der Waals surface area contributed by atoms with Gasteiger partial charge in [-0.25, -0.2) is 4.98 Å². The van der Waals surface area contributed by atoms with Crippen LogP contribution in [0.25, 0.3) is 0 Å². The van der Waals surface area contributed by atoms with Gasteiger partial charge in [0.1, 0.15) is 6.04 Å². The number of methoxy groups -OCH3 is 1. The van der Waals surface area contributed by atoms with E-state index >= 15 is 0 Å². The smallest absolute Gasteiger partial charge is 0.247 e. The van der Waals surface area contributed by atoms with E-state index in [4.69, 9.17) is 4.74 Å². The third-order valence-corrected chi connectivity index (χ3v) is 6.91. The molecule has 0 bridgehead atoms. The van der Waals surface area contributed by atoms with Gasteiger partial charge in [-0.1, -0.05) is 37.1 Å². The summed E-state index contributed by atoms with van der Waals surface area (Å²) < 4.78 is 5.25. The Morgan fingerprint density at radius 3 is 2.56 bits per heavy atom. The summed E-state index contributed by atoms with van der Waals surface area (Å²) in [6, 6.07) is 6.96. The zero-order chi connectivity index (χ0) is 24.5. The van der Waals surface area contributed by atoms with Crippen molar-refractivity contribution in [1.82, 2.24) is 15.2 Å². The van der Waals surface area contributed by atoms with Gasteiger partial charge in [0.05, 0.1) is 12.3 Å². The maximum Gasteiger partial charge on any atom is 0.247 e. The van der Waals surface area contributed by atoms with Crippen LogP contribution in [0.3, 0.4) is 0 Å². The van der Waals surface area contributed by atoms with E-state index in [2.05, 4.69) is 15.6 Å². The van der Waals surface area contributed by atoms with Crippen molar-refractivity contribution in [2.75, 3.05) is 25.6 Å². The highest BCUT2D eigenvalue weighted by Gasteiger charge is 2.33. The number of nitrogens with one attached hydrogen (secondary N) is 2. The van der Waals surface area contributed by atoms with Crippen molar-refractivity contribution in [3.05, 3.63) is 46.5 Å². The Morgan fingerprint density at radius 2 is 1.91 bits per heavy atom. The first-order valence-electron chi connectivity index (χ1n) is 11.8. The van der Waals surface area contributed by atoms with Gasteiger partial charge < -0.3 is 20.3 Å². The van der Waals surface area contributed by atoms with Gasteiger partial charge in [0.15, 0.2) is 5.13 Å². The monoisotopic (exact) mass is 486 g/mol. The van der Waals surface area contributed by atoms with Crippen molar-refractivity contribution < 1.29 is 19.1 Å². The standard InChI is InChI=1S/C25H34N4O4S/c1-17-8-4-7-11-20(17)23(24(32)27-19-9-5-6-10-19)29(14-15-33-3)22(31)13-12-21(30)28-25-26-18(2)16-34-25/h4,7-8,11,16,19,23H,5-6,9-10,12-15H2,1-3H3,(H,27,32)(H,26,28,30)/t23-/m1/s1. The molecule has 3 rings (SSSR count). The van der Waals surface area contributed by atoms with E-state index < -0.39 is 6.04 Å². The zero-order valence-corrected chi connectivity index (χ0v) is 21.0. The highest BCUT2D eigenvalue weighted by Crippen LogP contribution is 2.27. The lowest BCUT2D eigenvalue weighted by atomic mass is 9.98. The predicted molar refractivity (Wildman–Crippen MR) is 133 cm³/mol. The molecule has 1 heterocycles. The number of hydrogen-bond acceptors (Lipinski definition) is 6. The first kappa shape index (κ1) is 25.8. The summed E-state index contributed by atoms with van der Waals surface area (Å²) in [7, 11) is 1.56. The third-order valence-electron chi connectivity index (χ3n) is 6.03. The van der Waals surface area contributed by atoms with Gasteiger partial charge in [0.2, 0.25) is 17.7 Å². The minimum Gasteiger partial charge on any atom is -0.383 e. The van der Waals surface area contributed by atoms with E-state index in [1.807, 2.05) is 43.5 Å². The number of benzene rings is 1. The zero-order valence-electron chi connectivity index (χ0n) is 20.1. The molecule has 1 aliphatic carbocycles. The summed E-state index contributed by atoms with van der Waals surface area (Å²) in [5.74, 6) is -0.733. The predicted octanol–water partition coefficient (Wildman–Crippen LogP) is 3.75. The summed E-state index contributed by atoms with van der Waals surface area (Å²) >= 11 is 1.34. The van der Waals surface area contributed by atoms with E-state index in [1.165, 1.54) is 11.3 Å². The quantitative estimate of drug-likeness (QED) is 0.504. The topological polar surface area (TPSA) is 101 Å². The summed E-state index contributed by atoms with van der Waals surface area (Å²) in [5.41, 5.74) is 2.54. The fraction of sp³-hybridized carbons (Fsp3) is 0.520. The fourth-order valence-corrected chi connectivity index (χ4v) is 4.94. The number of anilines is 1. The Kier molecular flexibility index (Phi) is 9.59. The van der Waals surface area contributed by atoms with Crippen molar-refractivity contribution in [1.29, 1.82) is 0 Å². The molecule has 1 saturated carbocycles. The van der Waals surface area contributed by atoms with Crippen LogP contribution >= 0.6 is 11.3 Å². The SMILES string of the molecule is COCCN(C(=O)CCC(=O)Nc1nc(C)cs1)[C@@H](C(=O)NC1CCCC1)c1ccccc1C. The van der Waals surface area contributed by atoms with Crippen LogP contribution in [0, 0.1) is 13.8 Å². The van der Waals surface area contributed by atoms with Crippen LogP contribution in [-0.4, -0.2) is 53.9 Å². The second kappa shape index (κ2) is 12.6. The number of rotatable bonds is 11. The average molecular weight is 487 g/mol. The Labute approximate surface area is 205 Å². The average Bonchev–Trinajstić information content (AvgIpc) is 3.47. The number of aryl methyl sites for hydroxylation is 2. The molecule has 1 aromatic carbocycles. The van der Waals surface area contributed by atoms with Gasteiger partial charge in [-0.2, -0.15) is 0 Å². The first-order valence-corrected chi connectivity index (χ1v) is 12.6. The molecular formula is C25H34N4O4S. The second-order valence-electron chi connectivity index (χ2n) is 8.67. The second-order valence-corrected chi connectivity index (χ2v) is 9.53. The Hall–Kier alpha value is -2.78. The lowest BCUT2D eigenvalue weighted by Crippen LogP contribution is -2.47. The number of aromatic nitrogens is 1. The number of hydrogen-bond donors (Lipinski definition) is 2. The highest BCUT2D eigenvalue weighted by atomic mass is 32.1. The van der Waals surface area contributed by atoms with Crippen LogP contribution in [-0.2, 0) is 19.1 Å². The van der Waals surface area contributed by atoms with Crippen molar-refractivity contribution in [2.24, 2.45) is 0 Å². The summed E-state index contributed by atoms with van der Waals surface area (Å²) in [6.45, 7) is 4.33. The van der Waals surface area contributed by atoms with Crippen molar-refractivity contribution in [3.63, 3.8) is 0 Å². The third kappa shape index (κ3) is 7.11. The molecule has 9 heteroatoms. The molecule has 2 aromatic rings. The van der Waals surface area contributed by atoms with Crippen LogP contribution in [0.2, 0.25) is 0 Å². The van der Waals surface area contributed by atoms with E-state index in [9.17, 15) is 14.4 Å². The molecule has 1 atom stereocenters. The van der Waals surface area contributed by atoms with Gasteiger partial charge in [-0.3, -0.25) is 14.4 Å². The molecule has 3 amide bonds. The molecule has 184 valence electrons. The lowest BCUT2D eigenvalue weighted by molar-refractivity contribution is -0.142. The van der Waals surface area contributed by atoms with E-state index in [0.717, 1.165) is 42.5 Å². The molecule has 1 aromatic heterocycles. The molecule has 1 fully saturated rings. The molecule has 0 unspecified atom stereocenters. The van der Waals surface area contributed by atoms with E-state index in [-0.39, 0.29) is 49.8 Å². The van der Waals surface area contributed by atoms with Crippen LogP contribution in [0.4, 0.5) is 5.13 Å². The van der Waals surface area contributed by atoms with Crippen LogP contribution in [0.15, 0.2) is 29.6 Å². The first-order chi connectivity index (χ1) is 16.4. The number of ether oxygens (including phenoxy) is 1. The Morgan fingerprint density at radius 1 is 1.18 bits per heavy atom.